The van der Waals surface area contributed by atoms with E-state index in [0.29, 0.717) is 38.9 Å². The second kappa shape index (κ2) is 8.58. The fourth-order valence-corrected chi connectivity index (χ4v) is 3.93. The van der Waals surface area contributed by atoms with Crippen LogP contribution in [0.1, 0.15) is 31.2 Å². The fourth-order valence-electron chi connectivity index (χ4n) is 3.93. The lowest BCUT2D eigenvalue weighted by Gasteiger charge is -2.36. The molecule has 7 nitrogen and oxygen atoms in total. The van der Waals surface area contributed by atoms with E-state index in [1.807, 2.05) is 31.2 Å². The van der Waals surface area contributed by atoms with Gasteiger partial charge in [0.05, 0.1) is 0 Å². The number of nitrogens with zero attached hydrogens (tertiary/aromatic N) is 2. The molecule has 3 rings (SSSR count). The third-order valence-electron chi connectivity index (χ3n) is 5.56. The van der Waals surface area contributed by atoms with E-state index in [-0.39, 0.29) is 11.9 Å². The zero-order valence-corrected chi connectivity index (χ0v) is 16.1. The monoisotopic (exact) mass is 390 g/mol. The van der Waals surface area contributed by atoms with Crippen LogP contribution in [0.25, 0.3) is 0 Å². The Labute approximate surface area is 164 Å². The second-order valence-corrected chi connectivity index (χ2v) is 7.60. The van der Waals surface area contributed by atoms with Crippen molar-refractivity contribution in [3.05, 3.63) is 29.8 Å². The zero-order valence-electron chi connectivity index (χ0n) is 16.1. The molecule has 28 heavy (non-hydrogen) atoms. The summed E-state index contributed by atoms with van der Waals surface area (Å²) >= 11 is 0. The van der Waals surface area contributed by atoms with Crippen molar-refractivity contribution >= 4 is 23.5 Å². The summed E-state index contributed by atoms with van der Waals surface area (Å²) < 4.78 is 13.8. The predicted molar refractivity (Wildman–Crippen MR) is 103 cm³/mol. The number of nitrogens with one attached hydrogen (secondary N) is 1. The van der Waals surface area contributed by atoms with E-state index in [0.717, 1.165) is 17.7 Å². The maximum Gasteiger partial charge on any atom is 0.318 e. The van der Waals surface area contributed by atoms with Gasteiger partial charge in [0.15, 0.2) is 6.17 Å². The molecule has 1 aromatic carbocycles. The SMILES string of the molecule is Cc1cccc(N2CCCC(NC(=O)N3CCC(C(F)C(N)=O)CC3)C2=O)c1. The van der Waals surface area contributed by atoms with Gasteiger partial charge >= 0.3 is 6.03 Å². The molecule has 8 heteroatoms. The highest BCUT2D eigenvalue weighted by molar-refractivity contribution is 5.99. The van der Waals surface area contributed by atoms with Crippen molar-refractivity contribution in [2.75, 3.05) is 24.5 Å². The first kappa shape index (κ1) is 20.1. The second-order valence-electron chi connectivity index (χ2n) is 7.60. The van der Waals surface area contributed by atoms with Crippen LogP contribution >= 0.6 is 0 Å². The van der Waals surface area contributed by atoms with E-state index < -0.39 is 24.0 Å². The number of benzene rings is 1. The number of primary amides is 1. The molecular weight excluding hydrogens is 363 g/mol. The topological polar surface area (TPSA) is 95.7 Å². The molecule has 2 saturated heterocycles. The Morgan fingerprint density at radius 2 is 1.93 bits per heavy atom. The fraction of sp³-hybridized carbons (Fsp3) is 0.550. The van der Waals surface area contributed by atoms with E-state index in [4.69, 9.17) is 5.73 Å². The Morgan fingerprint density at radius 3 is 2.57 bits per heavy atom. The zero-order chi connectivity index (χ0) is 20.3. The van der Waals surface area contributed by atoms with Crippen LogP contribution in [-0.4, -0.2) is 54.6 Å². The average molecular weight is 390 g/mol. The van der Waals surface area contributed by atoms with Crippen LogP contribution in [0, 0.1) is 12.8 Å². The van der Waals surface area contributed by atoms with Gasteiger partial charge in [0.1, 0.15) is 6.04 Å². The van der Waals surface area contributed by atoms with Gasteiger partial charge in [0.2, 0.25) is 5.91 Å². The molecule has 0 aromatic heterocycles. The summed E-state index contributed by atoms with van der Waals surface area (Å²) in [5.41, 5.74) is 6.93. The van der Waals surface area contributed by atoms with Gasteiger partial charge in [-0.1, -0.05) is 12.1 Å². The molecule has 152 valence electrons. The number of hydrogen-bond donors (Lipinski definition) is 2. The van der Waals surface area contributed by atoms with Gasteiger partial charge in [-0.05, 0) is 50.3 Å². The Bertz CT molecular complexity index is 749. The van der Waals surface area contributed by atoms with Crippen LogP contribution in [0.15, 0.2) is 24.3 Å². The summed E-state index contributed by atoms with van der Waals surface area (Å²) in [6, 6.07) is 6.84. The van der Waals surface area contributed by atoms with Gasteiger partial charge in [-0.25, -0.2) is 9.18 Å². The number of anilines is 1. The lowest BCUT2D eigenvalue weighted by molar-refractivity contribution is -0.125. The molecule has 2 unspecified atom stereocenters. The molecule has 0 aliphatic carbocycles. The number of carbonyl (C=O) groups excluding carboxylic acids is 3. The highest BCUT2D eigenvalue weighted by Gasteiger charge is 2.34. The third-order valence-corrected chi connectivity index (χ3v) is 5.56. The summed E-state index contributed by atoms with van der Waals surface area (Å²) in [5, 5.41) is 2.83. The highest BCUT2D eigenvalue weighted by Crippen LogP contribution is 2.24. The van der Waals surface area contributed by atoms with Crippen LogP contribution < -0.4 is 16.0 Å². The molecule has 2 heterocycles. The largest absolute Gasteiger partial charge is 0.367 e. The molecule has 2 aliphatic heterocycles. The summed E-state index contributed by atoms with van der Waals surface area (Å²) in [4.78, 5) is 39.7. The van der Waals surface area contributed by atoms with Crippen LogP contribution in [0.2, 0.25) is 0 Å². The maximum atomic E-state index is 13.8. The van der Waals surface area contributed by atoms with Gasteiger partial charge in [-0.2, -0.15) is 0 Å². The van der Waals surface area contributed by atoms with Gasteiger partial charge in [-0.3, -0.25) is 9.59 Å². The number of halogens is 1. The van der Waals surface area contributed by atoms with Gasteiger partial charge in [0.25, 0.3) is 5.91 Å². The van der Waals surface area contributed by atoms with E-state index in [1.165, 1.54) is 0 Å². The number of carbonyl (C=O) groups is 3. The number of urea groups is 1. The van der Waals surface area contributed by atoms with Crippen LogP contribution in [0.4, 0.5) is 14.9 Å². The van der Waals surface area contributed by atoms with E-state index >= 15 is 0 Å². The first-order valence-corrected chi connectivity index (χ1v) is 9.73. The molecule has 0 spiro atoms. The van der Waals surface area contributed by atoms with Gasteiger partial charge in [0, 0.05) is 31.2 Å². The van der Waals surface area contributed by atoms with Gasteiger partial charge < -0.3 is 20.9 Å². The number of piperidine rings is 2. The minimum atomic E-state index is -1.67. The van der Waals surface area contributed by atoms with Crippen molar-refractivity contribution in [1.29, 1.82) is 0 Å². The van der Waals surface area contributed by atoms with Crippen molar-refractivity contribution in [1.82, 2.24) is 10.2 Å². The molecule has 2 aliphatic rings. The summed E-state index contributed by atoms with van der Waals surface area (Å²) in [7, 11) is 0. The number of aryl methyl sites for hydroxylation is 1. The van der Waals surface area contributed by atoms with Crippen molar-refractivity contribution in [3.63, 3.8) is 0 Å². The highest BCUT2D eigenvalue weighted by atomic mass is 19.1. The van der Waals surface area contributed by atoms with Crippen molar-refractivity contribution < 1.29 is 18.8 Å². The number of amides is 4. The third kappa shape index (κ3) is 4.43. The standard InChI is InChI=1S/C20H27FN4O3/c1-13-4-2-5-15(12-13)25-9-3-6-16(19(25)27)23-20(28)24-10-7-14(8-11-24)17(21)18(22)26/h2,4-5,12,14,16-17H,3,6-11H2,1H3,(H2,22,26)(H,23,28). The van der Waals surface area contributed by atoms with Crippen molar-refractivity contribution in [2.24, 2.45) is 11.7 Å². The normalized spacial score (nSPS) is 22.1. The van der Waals surface area contributed by atoms with Crippen LogP contribution in [0.3, 0.4) is 0 Å². The predicted octanol–water partition coefficient (Wildman–Crippen LogP) is 1.74. The van der Waals surface area contributed by atoms with Crippen LogP contribution in [-0.2, 0) is 9.59 Å². The number of nitrogens with two attached hydrogens (primary N) is 1. The average Bonchev–Trinajstić information content (AvgIpc) is 2.69. The Hall–Kier alpha value is -2.64. The van der Waals surface area contributed by atoms with Crippen LogP contribution in [0.5, 0.6) is 0 Å². The van der Waals surface area contributed by atoms with Gasteiger partial charge in [-0.15, -0.1) is 0 Å². The quantitative estimate of drug-likeness (QED) is 0.820. The van der Waals surface area contributed by atoms with Crippen molar-refractivity contribution in [2.45, 2.75) is 44.8 Å². The lowest BCUT2D eigenvalue weighted by Crippen LogP contribution is -2.56. The van der Waals surface area contributed by atoms with Crippen molar-refractivity contribution in [3.8, 4) is 0 Å². The van der Waals surface area contributed by atoms with E-state index in [1.54, 1.807) is 9.80 Å². The number of hydrogen-bond acceptors (Lipinski definition) is 3. The summed E-state index contributed by atoms with van der Waals surface area (Å²) in [5.74, 6) is -1.51. The summed E-state index contributed by atoms with van der Waals surface area (Å²) in [6.45, 7) is 3.28. The number of alkyl halides is 1. The molecule has 3 N–H and O–H groups in total. The summed E-state index contributed by atoms with van der Waals surface area (Å²) in [6.07, 6.45) is 0.483. The molecule has 1 aromatic rings. The number of likely N-dealkylation sites (tertiary alicyclic amines) is 1. The minimum Gasteiger partial charge on any atom is -0.367 e. The lowest BCUT2D eigenvalue weighted by atomic mass is 9.92. The minimum absolute atomic E-state index is 0.113. The molecule has 2 fully saturated rings. The molecule has 0 radical (unpaired) electrons. The smallest absolute Gasteiger partial charge is 0.318 e. The maximum absolute atomic E-state index is 13.8. The van der Waals surface area contributed by atoms with E-state index in [2.05, 4.69) is 5.32 Å². The molecule has 2 atom stereocenters. The molecule has 4 amide bonds. The molecular formula is C20H27FN4O3. The number of rotatable bonds is 4. The Morgan fingerprint density at radius 1 is 1.21 bits per heavy atom. The Kier molecular flexibility index (Phi) is 6.16. The molecule has 0 bridgehead atoms. The first-order chi connectivity index (χ1) is 13.4. The molecule has 0 saturated carbocycles. The van der Waals surface area contributed by atoms with E-state index in [9.17, 15) is 18.8 Å². The Balaban J connectivity index is 1.57. The first-order valence-electron chi connectivity index (χ1n) is 9.73.